The molecule has 0 aliphatic heterocycles. The molecule has 0 fully saturated rings. The largest absolute Gasteiger partial charge is 0.495 e. The number of hydrogen-bond donors (Lipinski definition) is 1. The van der Waals surface area contributed by atoms with E-state index in [1.54, 1.807) is 7.11 Å². The number of methoxy groups -OCH3 is 1. The van der Waals surface area contributed by atoms with Crippen molar-refractivity contribution < 1.29 is 4.74 Å². The second-order valence-electron chi connectivity index (χ2n) is 5.64. The normalized spacial score (nSPS) is 10.8. The molecule has 2 heteroatoms. The molecule has 0 N–H and O–H groups in total. The zero-order chi connectivity index (χ0) is 16.2. The van der Waals surface area contributed by atoms with E-state index >= 15 is 0 Å². The molecule has 0 aromatic heterocycles. The highest BCUT2D eigenvalue weighted by Crippen LogP contribution is 2.37. The maximum Gasteiger partial charge on any atom is 0.135 e. The number of thiol groups is 1. The first-order valence-corrected chi connectivity index (χ1v) is 8.13. The maximum absolute atomic E-state index is 5.45. The van der Waals surface area contributed by atoms with Crippen molar-refractivity contribution in [2.24, 2.45) is 0 Å². The summed E-state index contributed by atoms with van der Waals surface area (Å²) in [6, 6.07) is 25.5. The van der Waals surface area contributed by atoms with Gasteiger partial charge in [0.05, 0.1) is 7.11 Å². The van der Waals surface area contributed by atoms with Crippen molar-refractivity contribution in [2.75, 3.05) is 7.11 Å². The van der Waals surface area contributed by atoms with Gasteiger partial charge in [-0.1, -0.05) is 66.7 Å². The quantitative estimate of drug-likeness (QED) is 0.495. The number of rotatable bonds is 4. The van der Waals surface area contributed by atoms with Gasteiger partial charge in [0.1, 0.15) is 5.75 Å². The van der Waals surface area contributed by atoms with E-state index < -0.39 is 0 Å². The van der Waals surface area contributed by atoms with Gasteiger partial charge in [-0.2, -0.15) is 0 Å². The van der Waals surface area contributed by atoms with Gasteiger partial charge in [-0.3, -0.25) is 0 Å². The Balaban J connectivity index is 2.17. The highest BCUT2D eigenvalue weighted by atomic mass is 32.1. The van der Waals surface area contributed by atoms with Crippen LogP contribution in [0.5, 0.6) is 5.75 Å². The average molecular weight is 320 g/mol. The fourth-order valence-corrected chi connectivity index (χ4v) is 3.50. The molecule has 0 saturated heterocycles. The first-order valence-electron chi connectivity index (χ1n) is 7.68. The Morgan fingerprint density at radius 2 is 1.30 bits per heavy atom. The van der Waals surface area contributed by atoms with E-state index in [4.69, 9.17) is 4.74 Å². The first kappa shape index (κ1) is 15.7. The standard InChI is InChI=1S/C21H20OS/c1-15-13-18(14-19(23)21(15)22-2)20(16-9-5-3-6-10-16)17-11-7-4-8-12-17/h3-14,20,23H,1-2H3. The van der Waals surface area contributed by atoms with Crippen LogP contribution < -0.4 is 4.74 Å². The number of ether oxygens (including phenoxy) is 1. The molecule has 0 aliphatic carbocycles. The topological polar surface area (TPSA) is 9.23 Å². The minimum absolute atomic E-state index is 0.188. The summed E-state index contributed by atoms with van der Waals surface area (Å²) in [5, 5.41) is 0. The maximum atomic E-state index is 5.45. The van der Waals surface area contributed by atoms with Gasteiger partial charge in [-0.05, 0) is 35.2 Å². The zero-order valence-electron chi connectivity index (χ0n) is 13.4. The predicted octanol–water partition coefficient (Wildman–Crippen LogP) is 5.47. The van der Waals surface area contributed by atoms with Crippen LogP contribution in [0.25, 0.3) is 0 Å². The highest BCUT2D eigenvalue weighted by molar-refractivity contribution is 7.80. The molecule has 0 heterocycles. The van der Waals surface area contributed by atoms with Crippen molar-refractivity contribution in [3.05, 3.63) is 95.1 Å². The molecule has 0 saturated carbocycles. The Morgan fingerprint density at radius 3 is 1.74 bits per heavy atom. The van der Waals surface area contributed by atoms with Crippen LogP contribution in [0, 0.1) is 6.92 Å². The molecular weight excluding hydrogens is 300 g/mol. The lowest BCUT2D eigenvalue weighted by molar-refractivity contribution is 0.401. The lowest BCUT2D eigenvalue weighted by Gasteiger charge is -2.21. The summed E-state index contributed by atoms with van der Waals surface area (Å²) >= 11 is 4.61. The van der Waals surface area contributed by atoms with Crippen LogP contribution >= 0.6 is 12.6 Å². The van der Waals surface area contributed by atoms with E-state index in [-0.39, 0.29) is 5.92 Å². The Kier molecular flexibility index (Phi) is 4.73. The van der Waals surface area contributed by atoms with Gasteiger partial charge in [0.15, 0.2) is 0 Å². The summed E-state index contributed by atoms with van der Waals surface area (Å²) in [5.41, 5.74) is 4.88. The van der Waals surface area contributed by atoms with Crippen molar-refractivity contribution in [3.8, 4) is 5.75 Å². The van der Waals surface area contributed by atoms with Gasteiger partial charge in [0, 0.05) is 10.8 Å². The molecule has 0 unspecified atom stereocenters. The summed E-state index contributed by atoms with van der Waals surface area (Å²) in [5.74, 6) is 1.03. The molecule has 3 rings (SSSR count). The van der Waals surface area contributed by atoms with Crippen LogP contribution in [0.4, 0.5) is 0 Å². The molecule has 0 amide bonds. The Morgan fingerprint density at radius 1 is 0.783 bits per heavy atom. The zero-order valence-corrected chi connectivity index (χ0v) is 14.3. The van der Waals surface area contributed by atoms with Crippen LogP contribution in [-0.2, 0) is 0 Å². The molecule has 0 atom stereocenters. The minimum atomic E-state index is 0.188. The fourth-order valence-electron chi connectivity index (χ4n) is 3.08. The van der Waals surface area contributed by atoms with Gasteiger partial charge < -0.3 is 4.74 Å². The van der Waals surface area contributed by atoms with Crippen LogP contribution in [0.15, 0.2) is 77.7 Å². The van der Waals surface area contributed by atoms with E-state index in [0.717, 1.165) is 16.2 Å². The second-order valence-corrected chi connectivity index (χ2v) is 6.13. The molecule has 3 aromatic rings. The Labute approximate surface area is 143 Å². The van der Waals surface area contributed by atoms with Gasteiger partial charge >= 0.3 is 0 Å². The lowest BCUT2D eigenvalue weighted by Crippen LogP contribution is -2.04. The summed E-state index contributed by atoms with van der Waals surface area (Å²) in [4.78, 5) is 0.874. The van der Waals surface area contributed by atoms with Crippen LogP contribution in [0.3, 0.4) is 0 Å². The highest BCUT2D eigenvalue weighted by Gasteiger charge is 2.18. The molecular formula is C21H20OS. The van der Waals surface area contributed by atoms with Crippen molar-refractivity contribution in [1.82, 2.24) is 0 Å². The average Bonchev–Trinajstić information content (AvgIpc) is 2.57. The van der Waals surface area contributed by atoms with Gasteiger partial charge in [-0.25, -0.2) is 0 Å². The fraction of sp³-hybridized carbons (Fsp3) is 0.143. The van der Waals surface area contributed by atoms with Crippen molar-refractivity contribution in [3.63, 3.8) is 0 Å². The monoisotopic (exact) mass is 320 g/mol. The molecule has 116 valence electrons. The van der Waals surface area contributed by atoms with Crippen molar-refractivity contribution >= 4 is 12.6 Å². The third-order valence-corrected chi connectivity index (χ3v) is 4.41. The molecule has 3 aromatic carbocycles. The summed E-state index contributed by atoms with van der Waals surface area (Å²) in [7, 11) is 1.69. The van der Waals surface area contributed by atoms with E-state index in [1.807, 2.05) is 0 Å². The molecule has 0 bridgehead atoms. The molecule has 23 heavy (non-hydrogen) atoms. The summed E-state index contributed by atoms with van der Waals surface area (Å²) < 4.78 is 5.45. The number of benzene rings is 3. The Bertz CT molecular complexity index is 719. The molecule has 0 aliphatic rings. The summed E-state index contributed by atoms with van der Waals surface area (Å²) in [6.07, 6.45) is 0. The van der Waals surface area contributed by atoms with Gasteiger partial charge in [-0.15, -0.1) is 12.6 Å². The van der Waals surface area contributed by atoms with Crippen molar-refractivity contribution in [2.45, 2.75) is 17.7 Å². The SMILES string of the molecule is COc1c(C)cc(C(c2ccccc2)c2ccccc2)cc1S. The second kappa shape index (κ2) is 6.93. The smallest absolute Gasteiger partial charge is 0.135 e. The van der Waals surface area contributed by atoms with E-state index in [2.05, 4.69) is 92.3 Å². The van der Waals surface area contributed by atoms with Crippen molar-refractivity contribution in [1.29, 1.82) is 0 Å². The molecule has 0 spiro atoms. The lowest BCUT2D eigenvalue weighted by atomic mass is 9.84. The van der Waals surface area contributed by atoms with E-state index in [0.29, 0.717) is 0 Å². The van der Waals surface area contributed by atoms with Crippen LogP contribution in [0.1, 0.15) is 28.2 Å². The van der Waals surface area contributed by atoms with Crippen LogP contribution in [-0.4, -0.2) is 7.11 Å². The summed E-state index contributed by atoms with van der Waals surface area (Å²) in [6.45, 7) is 2.06. The first-order chi connectivity index (χ1) is 11.2. The number of aryl methyl sites for hydroxylation is 1. The van der Waals surface area contributed by atoms with E-state index in [1.165, 1.54) is 16.7 Å². The van der Waals surface area contributed by atoms with Gasteiger partial charge in [0.25, 0.3) is 0 Å². The van der Waals surface area contributed by atoms with Gasteiger partial charge in [0.2, 0.25) is 0 Å². The van der Waals surface area contributed by atoms with E-state index in [9.17, 15) is 0 Å². The predicted molar refractivity (Wildman–Crippen MR) is 98.8 cm³/mol. The minimum Gasteiger partial charge on any atom is -0.495 e. The molecule has 0 radical (unpaired) electrons. The number of hydrogen-bond acceptors (Lipinski definition) is 2. The van der Waals surface area contributed by atoms with Crippen LogP contribution in [0.2, 0.25) is 0 Å². The Hall–Kier alpha value is -2.19. The third kappa shape index (κ3) is 3.27. The molecule has 1 nitrogen and oxygen atoms in total. The third-order valence-electron chi connectivity index (χ3n) is 4.08.